The SMILES string of the molecule is NC(=O)CCC(N)C(=O)NC(CS)C(=O)NC(Cc1ccccc1)C(=O)NC(Cc1cnc[nH]1)C(=O)O. The summed E-state index contributed by atoms with van der Waals surface area (Å²) in [7, 11) is 0. The number of aromatic amines is 1. The zero-order valence-electron chi connectivity index (χ0n) is 19.9. The van der Waals surface area contributed by atoms with Crippen LogP contribution in [0, 0.1) is 0 Å². The van der Waals surface area contributed by atoms with Crippen molar-refractivity contribution in [1.82, 2.24) is 25.9 Å². The lowest BCUT2D eigenvalue weighted by Crippen LogP contribution is -2.58. The van der Waals surface area contributed by atoms with E-state index in [9.17, 15) is 29.1 Å². The molecular formula is C23H31N7O6S. The van der Waals surface area contributed by atoms with Gasteiger partial charge in [0.25, 0.3) is 0 Å². The van der Waals surface area contributed by atoms with Crippen LogP contribution in [-0.4, -0.2) is 74.6 Å². The van der Waals surface area contributed by atoms with Crippen molar-refractivity contribution in [2.24, 2.45) is 11.5 Å². The van der Waals surface area contributed by atoms with Gasteiger partial charge in [0, 0.05) is 36.9 Å². The van der Waals surface area contributed by atoms with E-state index in [4.69, 9.17) is 11.5 Å². The molecule has 4 unspecified atom stereocenters. The predicted molar refractivity (Wildman–Crippen MR) is 136 cm³/mol. The number of amides is 4. The maximum Gasteiger partial charge on any atom is 0.326 e. The van der Waals surface area contributed by atoms with E-state index >= 15 is 0 Å². The Morgan fingerprint density at radius 2 is 1.57 bits per heavy atom. The molecule has 2 rings (SSSR count). The average molecular weight is 534 g/mol. The van der Waals surface area contributed by atoms with Crippen molar-refractivity contribution >= 4 is 42.2 Å². The summed E-state index contributed by atoms with van der Waals surface area (Å²) in [4.78, 5) is 67.8. The highest BCUT2D eigenvalue weighted by Crippen LogP contribution is 2.07. The molecule has 9 N–H and O–H groups in total. The molecule has 0 spiro atoms. The molecule has 37 heavy (non-hydrogen) atoms. The number of carboxylic acids is 1. The summed E-state index contributed by atoms with van der Waals surface area (Å²) in [6.07, 6.45) is 2.73. The number of carbonyl (C=O) groups is 5. The minimum Gasteiger partial charge on any atom is -0.480 e. The number of aliphatic carboxylic acids is 1. The molecule has 0 radical (unpaired) electrons. The number of nitrogens with zero attached hydrogens (tertiary/aromatic N) is 1. The van der Waals surface area contributed by atoms with E-state index < -0.39 is 53.8 Å². The third kappa shape index (κ3) is 9.93. The zero-order chi connectivity index (χ0) is 27.4. The molecule has 0 bridgehead atoms. The summed E-state index contributed by atoms with van der Waals surface area (Å²) in [5, 5.41) is 17.1. The highest BCUT2D eigenvalue weighted by Gasteiger charge is 2.30. The summed E-state index contributed by atoms with van der Waals surface area (Å²) >= 11 is 4.11. The third-order valence-corrected chi connectivity index (χ3v) is 5.73. The molecule has 2 aromatic rings. The summed E-state index contributed by atoms with van der Waals surface area (Å²) in [6, 6.07) is 4.13. The fraction of sp³-hybridized carbons (Fsp3) is 0.391. The fourth-order valence-corrected chi connectivity index (χ4v) is 3.58. The highest BCUT2D eigenvalue weighted by atomic mass is 32.1. The van der Waals surface area contributed by atoms with Crippen LogP contribution in [0.25, 0.3) is 0 Å². The molecule has 0 aliphatic carbocycles. The third-order valence-electron chi connectivity index (χ3n) is 5.36. The lowest BCUT2D eigenvalue weighted by atomic mass is 10.0. The number of carbonyl (C=O) groups excluding carboxylic acids is 4. The van der Waals surface area contributed by atoms with E-state index in [0.717, 1.165) is 0 Å². The number of primary amides is 1. The Morgan fingerprint density at radius 3 is 2.14 bits per heavy atom. The minimum atomic E-state index is -1.29. The van der Waals surface area contributed by atoms with Crippen molar-refractivity contribution in [2.75, 3.05) is 5.75 Å². The number of nitrogens with one attached hydrogen (secondary N) is 4. The van der Waals surface area contributed by atoms with Crippen molar-refractivity contribution in [3.63, 3.8) is 0 Å². The molecule has 0 aliphatic rings. The number of aromatic nitrogens is 2. The van der Waals surface area contributed by atoms with Gasteiger partial charge in [0.2, 0.25) is 23.6 Å². The normalized spacial score (nSPS) is 14.0. The second-order valence-electron chi connectivity index (χ2n) is 8.29. The van der Waals surface area contributed by atoms with Crippen molar-refractivity contribution in [3.8, 4) is 0 Å². The molecular weight excluding hydrogens is 502 g/mol. The second-order valence-corrected chi connectivity index (χ2v) is 8.65. The fourth-order valence-electron chi connectivity index (χ4n) is 3.32. The Kier molecular flexibility index (Phi) is 11.6. The highest BCUT2D eigenvalue weighted by molar-refractivity contribution is 7.80. The monoisotopic (exact) mass is 533 g/mol. The number of hydrogen-bond donors (Lipinski definition) is 8. The van der Waals surface area contributed by atoms with Crippen LogP contribution in [0.2, 0.25) is 0 Å². The van der Waals surface area contributed by atoms with Crippen molar-refractivity contribution in [2.45, 2.75) is 49.9 Å². The molecule has 14 heteroatoms. The summed E-state index contributed by atoms with van der Waals surface area (Å²) in [6.45, 7) is 0. The van der Waals surface area contributed by atoms with Crippen LogP contribution >= 0.6 is 12.6 Å². The van der Waals surface area contributed by atoms with E-state index in [-0.39, 0.29) is 31.4 Å². The Morgan fingerprint density at radius 1 is 0.946 bits per heavy atom. The lowest BCUT2D eigenvalue weighted by Gasteiger charge is -2.24. The standard InChI is InChI=1S/C23H31N7O6S/c24-15(6-7-19(25)31)20(32)30-18(11-37)22(34)28-16(8-13-4-2-1-3-5-13)21(33)29-17(23(35)36)9-14-10-26-12-27-14/h1-5,10,12,15-18,37H,6-9,11,24H2,(H2,25,31)(H,26,27)(H,28,34)(H,29,33)(H,30,32)(H,35,36). The number of thiol groups is 1. The summed E-state index contributed by atoms with van der Waals surface area (Å²) in [5.41, 5.74) is 12.0. The molecule has 4 amide bonds. The van der Waals surface area contributed by atoms with E-state index in [1.165, 1.54) is 12.5 Å². The van der Waals surface area contributed by atoms with Gasteiger partial charge in [0.1, 0.15) is 18.1 Å². The number of H-pyrrole nitrogens is 1. The molecule has 4 atom stereocenters. The second kappa shape index (κ2) is 14.6. The van der Waals surface area contributed by atoms with Gasteiger partial charge in [-0.05, 0) is 12.0 Å². The molecule has 1 aromatic carbocycles. The first-order valence-electron chi connectivity index (χ1n) is 11.4. The maximum atomic E-state index is 13.1. The van der Waals surface area contributed by atoms with Gasteiger partial charge in [-0.25, -0.2) is 9.78 Å². The lowest BCUT2D eigenvalue weighted by molar-refractivity contribution is -0.142. The molecule has 1 heterocycles. The van der Waals surface area contributed by atoms with Crippen LogP contribution in [0.15, 0.2) is 42.9 Å². The van der Waals surface area contributed by atoms with Crippen LogP contribution in [0.5, 0.6) is 0 Å². The quantitative estimate of drug-likeness (QED) is 0.122. The maximum absolute atomic E-state index is 13.1. The molecule has 0 saturated heterocycles. The van der Waals surface area contributed by atoms with Gasteiger partial charge in [0.05, 0.1) is 12.4 Å². The Hall–Kier alpha value is -3.91. The van der Waals surface area contributed by atoms with Crippen molar-refractivity contribution in [1.29, 1.82) is 0 Å². The van der Waals surface area contributed by atoms with E-state index in [1.54, 1.807) is 30.3 Å². The van der Waals surface area contributed by atoms with Gasteiger partial charge in [0.15, 0.2) is 0 Å². The Balaban J connectivity index is 2.13. The summed E-state index contributed by atoms with van der Waals surface area (Å²) < 4.78 is 0. The number of hydrogen-bond acceptors (Lipinski definition) is 8. The molecule has 0 fully saturated rings. The van der Waals surface area contributed by atoms with E-state index in [1.807, 2.05) is 0 Å². The van der Waals surface area contributed by atoms with Gasteiger partial charge in [-0.15, -0.1) is 0 Å². The van der Waals surface area contributed by atoms with E-state index in [0.29, 0.717) is 11.3 Å². The number of carboxylic acid groups (broad SMARTS) is 1. The van der Waals surface area contributed by atoms with Crippen LogP contribution in [0.3, 0.4) is 0 Å². The van der Waals surface area contributed by atoms with Gasteiger partial charge < -0.3 is 37.5 Å². The average Bonchev–Trinajstić information content (AvgIpc) is 3.38. The molecule has 0 aliphatic heterocycles. The number of rotatable bonds is 15. The first-order chi connectivity index (χ1) is 17.6. The molecule has 1 aromatic heterocycles. The van der Waals surface area contributed by atoms with Crippen molar-refractivity contribution in [3.05, 3.63) is 54.1 Å². The van der Waals surface area contributed by atoms with E-state index in [2.05, 4.69) is 38.5 Å². The van der Waals surface area contributed by atoms with Gasteiger partial charge in [-0.2, -0.15) is 12.6 Å². The number of benzene rings is 1. The molecule has 0 saturated carbocycles. The zero-order valence-corrected chi connectivity index (χ0v) is 20.8. The van der Waals surface area contributed by atoms with Crippen LogP contribution in [-0.2, 0) is 36.8 Å². The first kappa shape index (κ1) is 29.3. The minimum absolute atomic E-state index is 0.00593. The number of nitrogens with two attached hydrogens (primary N) is 2. The topological polar surface area (TPSA) is 222 Å². The van der Waals surface area contributed by atoms with Crippen LogP contribution in [0.4, 0.5) is 0 Å². The van der Waals surface area contributed by atoms with Crippen LogP contribution in [0.1, 0.15) is 24.1 Å². The van der Waals surface area contributed by atoms with Gasteiger partial charge >= 0.3 is 5.97 Å². The molecule has 13 nitrogen and oxygen atoms in total. The molecule has 200 valence electrons. The first-order valence-corrected chi connectivity index (χ1v) is 12.0. The largest absolute Gasteiger partial charge is 0.480 e. The number of imidazole rings is 1. The van der Waals surface area contributed by atoms with Crippen LogP contribution < -0.4 is 27.4 Å². The van der Waals surface area contributed by atoms with Gasteiger partial charge in [-0.3, -0.25) is 19.2 Å². The smallest absolute Gasteiger partial charge is 0.326 e. The Labute approximate surface area is 218 Å². The summed E-state index contributed by atoms with van der Waals surface area (Å²) in [5.74, 6) is -4.14. The predicted octanol–water partition coefficient (Wildman–Crippen LogP) is -1.74. The van der Waals surface area contributed by atoms with Crippen molar-refractivity contribution < 1.29 is 29.1 Å². The van der Waals surface area contributed by atoms with Gasteiger partial charge in [-0.1, -0.05) is 30.3 Å². The Bertz CT molecular complexity index is 1070.